The molecule has 0 bridgehead atoms. The van der Waals surface area contributed by atoms with Gasteiger partial charge in [-0.2, -0.15) is 0 Å². The van der Waals surface area contributed by atoms with Crippen LogP contribution in [0.25, 0.3) is 0 Å². The third kappa shape index (κ3) is 13.1. The highest BCUT2D eigenvalue weighted by molar-refractivity contribution is 5.72. The largest absolute Gasteiger partial charge is 0.465 e. The standard InChI is InChI=1S/C47H54O8/c1-36(46(48)50-29-17-16-20-37-18-14-15-19-37)30-54-47-45(53-34-41-27-12-5-13-28-41)44(52-33-40-25-10-4-11-26-40)43(51-32-39-23-8-3-9-24-39)42(55-47)35-49-31-38-21-6-2-7-22-38/h2-15,18,21-28,36,42-45,47H,16-17,19-20,29-35H2,1H3/t36-,42-,43-,44+,45+,47-/m1/s1. The summed E-state index contributed by atoms with van der Waals surface area (Å²) in [5.41, 5.74) is 5.50. The average Bonchev–Trinajstić information content (AvgIpc) is 3.76. The third-order valence-corrected chi connectivity index (χ3v) is 9.74. The van der Waals surface area contributed by atoms with Crippen molar-refractivity contribution in [3.8, 4) is 0 Å². The molecule has 0 N–H and O–H groups in total. The summed E-state index contributed by atoms with van der Waals surface area (Å²) in [6, 6.07) is 40.1. The fourth-order valence-corrected chi connectivity index (χ4v) is 6.63. The zero-order chi connectivity index (χ0) is 37.9. The van der Waals surface area contributed by atoms with E-state index in [1.54, 1.807) is 0 Å². The first-order valence-corrected chi connectivity index (χ1v) is 19.5. The Labute approximate surface area is 326 Å². The van der Waals surface area contributed by atoms with Gasteiger partial charge in [0, 0.05) is 0 Å². The number of unbranched alkanes of at least 4 members (excludes halogenated alkanes) is 1. The minimum Gasteiger partial charge on any atom is -0.465 e. The minimum absolute atomic E-state index is 0.0752. The summed E-state index contributed by atoms with van der Waals surface area (Å²) < 4.78 is 45.4. The van der Waals surface area contributed by atoms with Crippen LogP contribution in [0.15, 0.2) is 145 Å². The molecule has 8 heteroatoms. The third-order valence-electron chi connectivity index (χ3n) is 9.74. The number of rotatable bonds is 22. The molecule has 4 aromatic rings. The summed E-state index contributed by atoms with van der Waals surface area (Å²) in [7, 11) is 0. The molecule has 6 rings (SSSR count). The summed E-state index contributed by atoms with van der Waals surface area (Å²) in [6.45, 7) is 3.84. The molecule has 0 spiro atoms. The topological polar surface area (TPSA) is 81.7 Å². The lowest BCUT2D eigenvalue weighted by Crippen LogP contribution is -2.62. The van der Waals surface area contributed by atoms with Crippen molar-refractivity contribution in [3.63, 3.8) is 0 Å². The Bertz CT molecular complexity index is 1730. The Morgan fingerprint density at radius 2 is 1.18 bits per heavy atom. The zero-order valence-corrected chi connectivity index (χ0v) is 31.8. The van der Waals surface area contributed by atoms with Gasteiger partial charge in [-0.3, -0.25) is 4.79 Å². The molecule has 1 fully saturated rings. The molecule has 6 atom stereocenters. The molecule has 0 saturated carbocycles. The molecule has 0 radical (unpaired) electrons. The van der Waals surface area contributed by atoms with E-state index in [0.29, 0.717) is 33.0 Å². The van der Waals surface area contributed by atoms with Crippen LogP contribution in [0, 0.1) is 5.92 Å². The van der Waals surface area contributed by atoms with Crippen LogP contribution in [-0.2, 0) is 64.4 Å². The number of ether oxygens (including phenoxy) is 7. The van der Waals surface area contributed by atoms with Crippen LogP contribution in [0.4, 0.5) is 0 Å². The summed E-state index contributed by atoms with van der Waals surface area (Å²) in [4.78, 5) is 13.1. The van der Waals surface area contributed by atoms with Crippen molar-refractivity contribution in [1.82, 2.24) is 0 Å². The fraction of sp³-hybridized carbons (Fsp3) is 0.383. The SMILES string of the molecule is C[C@H](CO[C@@H]1O[C@H](COCc2ccccc2)[C@@H](OCc2ccccc2)[C@H](OCc2ccccc2)[C@@H]1OCc1ccccc1)C(=O)OCCCCC1=CC=CC1. The number of allylic oxidation sites excluding steroid dienone is 4. The Balaban J connectivity index is 1.19. The number of carbonyl (C=O) groups is 1. The van der Waals surface area contributed by atoms with E-state index in [0.717, 1.165) is 47.9 Å². The fourth-order valence-electron chi connectivity index (χ4n) is 6.63. The molecular formula is C47H54O8. The first kappa shape index (κ1) is 40.3. The Kier molecular flexibility index (Phi) is 16.3. The van der Waals surface area contributed by atoms with E-state index in [1.165, 1.54) is 5.57 Å². The van der Waals surface area contributed by atoms with Crippen LogP contribution in [0.2, 0.25) is 0 Å². The molecule has 0 unspecified atom stereocenters. The van der Waals surface area contributed by atoms with Gasteiger partial charge in [0.15, 0.2) is 6.29 Å². The van der Waals surface area contributed by atoms with Gasteiger partial charge in [-0.25, -0.2) is 0 Å². The highest BCUT2D eigenvalue weighted by Crippen LogP contribution is 2.32. The molecule has 0 aromatic heterocycles. The van der Waals surface area contributed by atoms with Crippen molar-refractivity contribution in [1.29, 1.82) is 0 Å². The summed E-state index contributed by atoms with van der Waals surface area (Å²) in [5, 5.41) is 0. The normalized spacial score (nSPS) is 21.3. The van der Waals surface area contributed by atoms with Crippen LogP contribution < -0.4 is 0 Å². The Morgan fingerprint density at radius 1 is 0.655 bits per heavy atom. The maximum absolute atomic E-state index is 13.1. The predicted octanol–water partition coefficient (Wildman–Crippen LogP) is 8.94. The molecule has 2 aliphatic rings. The van der Waals surface area contributed by atoms with Gasteiger partial charge in [-0.15, -0.1) is 0 Å². The van der Waals surface area contributed by atoms with Gasteiger partial charge < -0.3 is 33.2 Å². The Morgan fingerprint density at radius 3 is 1.73 bits per heavy atom. The van der Waals surface area contributed by atoms with Crippen LogP contribution in [0.3, 0.4) is 0 Å². The summed E-state index contributed by atoms with van der Waals surface area (Å²) in [6.07, 6.45) is 6.88. The second kappa shape index (κ2) is 22.2. The monoisotopic (exact) mass is 746 g/mol. The second-order valence-corrected chi connectivity index (χ2v) is 14.1. The summed E-state index contributed by atoms with van der Waals surface area (Å²) >= 11 is 0. The number of hydrogen-bond donors (Lipinski definition) is 0. The van der Waals surface area contributed by atoms with E-state index in [9.17, 15) is 4.79 Å². The van der Waals surface area contributed by atoms with Gasteiger partial charge in [0.05, 0.1) is 52.2 Å². The van der Waals surface area contributed by atoms with Crippen molar-refractivity contribution >= 4 is 5.97 Å². The van der Waals surface area contributed by atoms with Crippen molar-refractivity contribution in [3.05, 3.63) is 167 Å². The highest BCUT2D eigenvalue weighted by Gasteiger charge is 2.49. The van der Waals surface area contributed by atoms with Gasteiger partial charge >= 0.3 is 5.97 Å². The van der Waals surface area contributed by atoms with Crippen LogP contribution >= 0.6 is 0 Å². The number of hydrogen-bond acceptors (Lipinski definition) is 8. The predicted molar refractivity (Wildman–Crippen MR) is 212 cm³/mol. The quantitative estimate of drug-likeness (QED) is 0.0583. The van der Waals surface area contributed by atoms with E-state index in [1.807, 2.05) is 128 Å². The molecule has 290 valence electrons. The van der Waals surface area contributed by atoms with Crippen molar-refractivity contribution in [2.24, 2.45) is 5.92 Å². The lowest BCUT2D eigenvalue weighted by atomic mass is 9.97. The minimum atomic E-state index is -0.894. The van der Waals surface area contributed by atoms with Crippen LogP contribution in [-0.4, -0.2) is 56.5 Å². The molecular weight excluding hydrogens is 693 g/mol. The van der Waals surface area contributed by atoms with E-state index in [4.69, 9.17) is 33.2 Å². The van der Waals surface area contributed by atoms with Crippen molar-refractivity contribution in [2.75, 3.05) is 19.8 Å². The van der Waals surface area contributed by atoms with Crippen LogP contribution in [0.1, 0.15) is 54.9 Å². The Hall–Kier alpha value is -4.41. The van der Waals surface area contributed by atoms with Gasteiger partial charge in [0.2, 0.25) is 0 Å². The second-order valence-electron chi connectivity index (χ2n) is 14.1. The molecule has 8 nitrogen and oxygen atoms in total. The van der Waals surface area contributed by atoms with Crippen molar-refractivity contribution < 1.29 is 38.0 Å². The molecule has 1 aliphatic heterocycles. The maximum Gasteiger partial charge on any atom is 0.310 e. The molecule has 4 aromatic carbocycles. The molecule has 1 saturated heterocycles. The average molecular weight is 747 g/mol. The first-order valence-electron chi connectivity index (χ1n) is 19.5. The van der Waals surface area contributed by atoms with Gasteiger partial charge in [-0.1, -0.05) is 145 Å². The first-order chi connectivity index (χ1) is 27.1. The van der Waals surface area contributed by atoms with Gasteiger partial charge in [0.1, 0.15) is 24.4 Å². The highest BCUT2D eigenvalue weighted by atomic mass is 16.7. The lowest BCUT2D eigenvalue weighted by Gasteiger charge is -2.46. The van der Waals surface area contributed by atoms with Gasteiger partial charge in [-0.05, 0) is 54.9 Å². The zero-order valence-electron chi connectivity index (χ0n) is 31.8. The molecule has 0 amide bonds. The number of esters is 1. The van der Waals surface area contributed by atoms with E-state index < -0.39 is 36.6 Å². The molecule has 1 heterocycles. The van der Waals surface area contributed by atoms with Crippen molar-refractivity contribution in [2.45, 2.75) is 89.7 Å². The summed E-state index contributed by atoms with van der Waals surface area (Å²) in [5.74, 6) is -0.827. The smallest absolute Gasteiger partial charge is 0.310 e. The number of benzene rings is 4. The van der Waals surface area contributed by atoms with E-state index in [-0.39, 0.29) is 19.2 Å². The molecule has 1 aliphatic carbocycles. The molecule has 55 heavy (non-hydrogen) atoms. The van der Waals surface area contributed by atoms with Crippen LogP contribution in [0.5, 0.6) is 0 Å². The maximum atomic E-state index is 13.1. The van der Waals surface area contributed by atoms with E-state index >= 15 is 0 Å². The number of carbonyl (C=O) groups excluding carboxylic acids is 1. The lowest BCUT2D eigenvalue weighted by molar-refractivity contribution is -0.329. The van der Waals surface area contributed by atoms with Gasteiger partial charge in [0.25, 0.3) is 0 Å². The van der Waals surface area contributed by atoms with E-state index in [2.05, 4.69) is 18.2 Å².